The van der Waals surface area contributed by atoms with Crippen LogP contribution >= 0.6 is 15.9 Å². The van der Waals surface area contributed by atoms with E-state index in [9.17, 15) is 14.7 Å². The van der Waals surface area contributed by atoms with E-state index in [0.29, 0.717) is 31.5 Å². The minimum Gasteiger partial charge on any atom is -0.481 e. The van der Waals surface area contributed by atoms with E-state index >= 15 is 0 Å². The molecule has 1 saturated heterocycles. The van der Waals surface area contributed by atoms with Crippen molar-refractivity contribution in [1.82, 2.24) is 14.3 Å². The maximum atomic E-state index is 13.1. The van der Waals surface area contributed by atoms with Crippen LogP contribution in [0.15, 0.2) is 16.7 Å². The summed E-state index contributed by atoms with van der Waals surface area (Å²) < 4.78 is 2.70. The van der Waals surface area contributed by atoms with Crippen LogP contribution in [-0.2, 0) is 11.2 Å². The van der Waals surface area contributed by atoms with Crippen LogP contribution in [0.4, 0.5) is 0 Å². The van der Waals surface area contributed by atoms with Gasteiger partial charge in [-0.3, -0.25) is 14.0 Å². The molecule has 1 aliphatic heterocycles. The van der Waals surface area contributed by atoms with E-state index in [4.69, 9.17) is 0 Å². The fraction of sp³-hybridized carbons (Fsp3) is 0.471. The Labute approximate surface area is 148 Å². The number of nitrogens with zero attached hydrogens (tertiary/aromatic N) is 3. The number of carboxylic acids is 1. The molecule has 0 radical (unpaired) electrons. The molecule has 3 heterocycles. The summed E-state index contributed by atoms with van der Waals surface area (Å²) in [5, 5.41) is 9.25. The lowest BCUT2D eigenvalue weighted by Gasteiger charge is -2.30. The topological polar surface area (TPSA) is 74.9 Å². The number of aromatic nitrogens is 2. The van der Waals surface area contributed by atoms with Crippen molar-refractivity contribution in [2.45, 2.75) is 33.1 Å². The standard InChI is InChI=1S/C17H20BrN3O3/c1-3-13-14(21-9-12(18)7-10(2)15(21)19-13)16(22)20-6-4-5-11(8-20)17(23)24/h7,9,11H,3-6,8H2,1-2H3,(H,23,24). The van der Waals surface area contributed by atoms with Crippen molar-refractivity contribution in [3.8, 4) is 0 Å². The van der Waals surface area contributed by atoms with Crippen molar-refractivity contribution in [3.05, 3.63) is 33.7 Å². The van der Waals surface area contributed by atoms with Crippen molar-refractivity contribution >= 4 is 33.5 Å². The lowest BCUT2D eigenvalue weighted by Crippen LogP contribution is -2.43. The molecule has 24 heavy (non-hydrogen) atoms. The van der Waals surface area contributed by atoms with Crippen molar-refractivity contribution in [1.29, 1.82) is 0 Å². The van der Waals surface area contributed by atoms with Gasteiger partial charge in [0, 0.05) is 23.8 Å². The number of carbonyl (C=O) groups is 2. The van der Waals surface area contributed by atoms with Crippen LogP contribution in [0.2, 0.25) is 0 Å². The van der Waals surface area contributed by atoms with Gasteiger partial charge < -0.3 is 10.0 Å². The van der Waals surface area contributed by atoms with E-state index in [1.165, 1.54) is 0 Å². The third-order valence-electron chi connectivity index (χ3n) is 4.54. The Morgan fingerprint density at radius 3 is 2.88 bits per heavy atom. The number of rotatable bonds is 3. The molecule has 1 unspecified atom stereocenters. The van der Waals surface area contributed by atoms with E-state index in [-0.39, 0.29) is 12.5 Å². The van der Waals surface area contributed by atoms with Crippen LogP contribution in [-0.4, -0.2) is 44.4 Å². The summed E-state index contributed by atoms with van der Waals surface area (Å²) in [5.41, 5.74) is 3.05. The molecule has 1 aliphatic rings. The molecule has 0 aliphatic carbocycles. The Morgan fingerprint density at radius 2 is 2.21 bits per heavy atom. The van der Waals surface area contributed by atoms with E-state index in [1.807, 2.05) is 30.5 Å². The number of carboxylic acid groups (broad SMARTS) is 1. The van der Waals surface area contributed by atoms with Crippen LogP contribution in [0.3, 0.4) is 0 Å². The average Bonchev–Trinajstić information content (AvgIpc) is 2.93. The summed E-state index contributed by atoms with van der Waals surface area (Å²) in [6.45, 7) is 4.78. The summed E-state index contributed by atoms with van der Waals surface area (Å²) in [6.07, 6.45) is 3.83. The summed E-state index contributed by atoms with van der Waals surface area (Å²) in [4.78, 5) is 30.6. The Balaban J connectivity index is 2.04. The van der Waals surface area contributed by atoms with Gasteiger partial charge in [-0.1, -0.05) is 6.92 Å². The third-order valence-corrected chi connectivity index (χ3v) is 4.97. The first-order valence-corrected chi connectivity index (χ1v) is 8.90. The third kappa shape index (κ3) is 2.92. The lowest BCUT2D eigenvalue weighted by atomic mass is 9.98. The van der Waals surface area contributed by atoms with E-state index in [0.717, 1.165) is 21.4 Å². The molecule has 7 heteroatoms. The van der Waals surface area contributed by atoms with E-state index < -0.39 is 11.9 Å². The highest BCUT2D eigenvalue weighted by Gasteiger charge is 2.31. The number of aryl methyl sites for hydroxylation is 2. The van der Waals surface area contributed by atoms with E-state index in [2.05, 4.69) is 20.9 Å². The number of amides is 1. The quantitative estimate of drug-likeness (QED) is 0.869. The molecule has 2 aromatic heterocycles. The molecular formula is C17H20BrN3O3. The normalized spacial score (nSPS) is 18.1. The monoisotopic (exact) mass is 393 g/mol. The molecule has 1 N–H and O–H groups in total. The van der Waals surface area contributed by atoms with Gasteiger partial charge in [0.1, 0.15) is 11.3 Å². The molecule has 1 amide bonds. The molecule has 0 spiro atoms. The van der Waals surface area contributed by atoms with Gasteiger partial charge >= 0.3 is 5.97 Å². The lowest BCUT2D eigenvalue weighted by molar-refractivity contribution is -0.143. The van der Waals surface area contributed by atoms with Gasteiger partial charge in [0.05, 0.1) is 11.6 Å². The van der Waals surface area contributed by atoms with Gasteiger partial charge in [-0.25, -0.2) is 4.98 Å². The molecule has 128 valence electrons. The molecule has 0 saturated carbocycles. The molecule has 1 fully saturated rings. The van der Waals surface area contributed by atoms with Crippen molar-refractivity contribution < 1.29 is 14.7 Å². The second-order valence-electron chi connectivity index (χ2n) is 6.22. The molecule has 1 atom stereocenters. The zero-order chi connectivity index (χ0) is 17.4. The van der Waals surface area contributed by atoms with Crippen molar-refractivity contribution in [2.24, 2.45) is 5.92 Å². The molecule has 0 aromatic carbocycles. The maximum absolute atomic E-state index is 13.1. The summed E-state index contributed by atoms with van der Waals surface area (Å²) >= 11 is 3.47. The average molecular weight is 394 g/mol. The predicted molar refractivity (Wildman–Crippen MR) is 93.3 cm³/mol. The van der Waals surface area contributed by atoms with Gasteiger partial charge in [-0.2, -0.15) is 0 Å². The Bertz CT molecular complexity index is 815. The largest absolute Gasteiger partial charge is 0.481 e. The van der Waals surface area contributed by atoms with Gasteiger partial charge in [0.2, 0.25) is 0 Å². The number of fused-ring (bicyclic) bond motifs is 1. The first kappa shape index (κ1) is 17.0. The minimum absolute atomic E-state index is 0.136. The highest BCUT2D eigenvalue weighted by molar-refractivity contribution is 9.10. The number of likely N-dealkylation sites (tertiary alicyclic amines) is 1. The van der Waals surface area contributed by atoms with Crippen LogP contribution in [0, 0.1) is 12.8 Å². The number of imidazole rings is 1. The molecule has 3 rings (SSSR count). The van der Waals surface area contributed by atoms with Crippen LogP contribution in [0.5, 0.6) is 0 Å². The van der Waals surface area contributed by atoms with Crippen LogP contribution in [0.1, 0.15) is 41.5 Å². The number of hydrogen-bond acceptors (Lipinski definition) is 3. The van der Waals surface area contributed by atoms with Gasteiger partial charge in [0.25, 0.3) is 5.91 Å². The Kier molecular flexibility index (Phi) is 4.62. The van der Waals surface area contributed by atoms with Gasteiger partial charge in [-0.15, -0.1) is 0 Å². The van der Waals surface area contributed by atoms with Crippen molar-refractivity contribution in [3.63, 3.8) is 0 Å². The number of pyridine rings is 1. The zero-order valence-corrected chi connectivity index (χ0v) is 15.3. The highest BCUT2D eigenvalue weighted by atomic mass is 79.9. The number of carbonyl (C=O) groups excluding carboxylic acids is 1. The molecule has 2 aromatic rings. The first-order chi connectivity index (χ1) is 11.4. The summed E-state index contributed by atoms with van der Waals surface area (Å²) in [5.74, 6) is -1.46. The summed E-state index contributed by atoms with van der Waals surface area (Å²) in [6, 6.07) is 1.97. The number of aliphatic carboxylic acids is 1. The Morgan fingerprint density at radius 1 is 1.46 bits per heavy atom. The molecule has 6 nitrogen and oxygen atoms in total. The smallest absolute Gasteiger partial charge is 0.308 e. The summed E-state index contributed by atoms with van der Waals surface area (Å²) in [7, 11) is 0. The van der Waals surface area contributed by atoms with Crippen LogP contribution < -0.4 is 0 Å². The van der Waals surface area contributed by atoms with E-state index in [1.54, 1.807) is 4.90 Å². The Hall–Kier alpha value is -1.89. The SMILES string of the molecule is CCc1nc2c(C)cc(Br)cn2c1C(=O)N1CCCC(C(=O)O)C1. The molecular weight excluding hydrogens is 374 g/mol. The predicted octanol–water partition coefficient (Wildman–Crippen LogP) is 2.90. The fourth-order valence-corrected chi connectivity index (χ4v) is 3.85. The first-order valence-electron chi connectivity index (χ1n) is 8.11. The highest BCUT2D eigenvalue weighted by Crippen LogP contribution is 2.24. The van der Waals surface area contributed by atoms with Gasteiger partial charge in [-0.05, 0) is 53.7 Å². The zero-order valence-electron chi connectivity index (χ0n) is 13.8. The fourth-order valence-electron chi connectivity index (χ4n) is 3.30. The molecule has 0 bridgehead atoms. The van der Waals surface area contributed by atoms with Crippen molar-refractivity contribution in [2.75, 3.05) is 13.1 Å². The second-order valence-corrected chi connectivity index (χ2v) is 7.14. The second kappa shape index (κ2) is 6.55. The minimum atomic E-state index is -0.833. The number of hydrogen-bond donors (Lipinski definition) is 1. The maximum Gasteiger partial charge on any atom is 0.308 e. The number of halogens is 1. The van der Waals surface area contributed by atoms with Crippen LogP contribution in [0.25, 0.3) is 5.65 Å². The number of piperidine rings is 1. The van der Waals surface area contributed by atoms with Gasteiger partial charge in [0.15, 0.2) is 0 Å².